The third-order valence-electron chi connectivity index (χ3n) is 2.38. The first-order valence-corrected chi connectivity index (χ1v) is 5.49. The number of rotatable bonds is 2. The third-order valence-corrected chi connectivity index (χ3v) is 3.64. The SMILES string of the molecule is Cc1cc(NC2CC2)cc(C)c1Br. The minimum atomic E-state index is 0.736. The fraction of sp³-hybridized carbons (Fsp3) is 0.455. The summed E-state index contributed by atoms with van der Waals surface area (Å²) in [6.45, 7) is 4.27. The van der Waals surface area contributed by atoms with Crippen molar-refractivity contribution in [3.05, 3.63) is 27.7 Å². The van der Waals surface area contributed by atoms with Crippen LogP contribution in [-0.2, 0) is 0 Å². The Kier molecular flexibility index (Phi) is 2.33. The Hall–Kier alpha value is -0.500. The molecule has 0 saturated heterocycles. The summed E-state index contributed by atoms with van der Waals surface area (Å²) in [5, 5.41) is 3.50. The maximum absolute atomic E-state index is 3.57. The van der Waals surface area contributed by atoms with Crippen LogP contribution in [0.5, 0.6) is 0 Å². The van der Waals surface area contributed by atoms with Crippen LogP contribution in [0.2, 0.25) is 0 Å². The summed E-state index contributed by atoms with van der Waals surface area (Å²) in [6, 6.07) is 5.14. The highest BCUT2D eigenvalue weighted by Crippen LogP contribution is 2.29. The molecule has 1 fully saturated rings. The molecule has 0 spiro atoms. The molecule has 1 aromatic rings. The molecule has 1 aromatic carbocycles. The Balaban J connectivity index is 2.25. The molecule has 0 aromatic heterocycles. The smallest absolute Gasteiger partial charge is 0.0348 e. The highest BCUT2D eigenvalue weighted by Gasteiger charge is 2.20. The van der Waals surface area contributed by atoms with E-state index in [1.54, 1.807) is 0 Å². The number of halogens is 1. The Morgan fingerprint density at radius 1 is 1.23 bits per heavy atom. The Morgan fingerprint density at radius 3 is 2.23 bits per heavy atom. The molecule has 1 N–H and O–H groups in total. The molecule has 0 unspecified atom stereocenters. The molecule has 0 bridgehead atoms. The lowest BCUT2D eigenvalue weighted by molar-refractivity contribution is 1.15. The fourth-order valence-corrected chi connectivity index (χ4v) is 1.72. The summed E-state index contributed by atoms with van der Waals surface area (Å²) < 4.78 is 1.23. The van der Waals surface area contributed by atoms with Crippen molar-refractivity contribution >= 4 is 21.6 Å². The molecule has 70 valence electrons. The zero-order chi connectivity index (χ0) is 9.42. The van der Waals surface area contributed by atoms with Crippen LogP contribution in [0, 0.1) is 13.8 Å². The average molecular weight is 240 g/mol. The van der Waals surface area contributed by atoms with Crippen molar-refractivity contribution < 1.29 is 0 Å². The van der Waals surface area contributed by atoms with Gasteiger partial charge in [0.05, 0.1) is 0 Å². The molecule has 0 radical (unpaired) electrons. The zero-order valence-corrected chi connectivity index (χ0v) is 9.61. The summed E-state index contributed by atoms with van der Waals surface area (Å²) in [6.07, 6.45) is 2.66. The van der Waals surface area contributed by atoms with Crippen LogP contribution in [0.3, 0.4) is 0 Å². The van der Waals surface area contributed by atoms with Crippen molar-refractivity contribution in [3.8, 4) is 0 Å². The minimum absolute atomic E-state index is 0.736. The number of nitrogens with one attached hydrogen (secondary N) is 1. The molecule has 0 atom stereocenters. The van der Waals surface area contributed by atoms with Gasteiger partial charge in [-0.15, -0.1) is 0 Å². The van der Waals surface area contributed by atoms with E-state index in [1.807, 2.05) is 0 Å². The summed E-state index contributed by atoms with van der Waals surface area (Å²) in [4.78, 5) is 0. The van der Waals surface area contributed by atoms with Crippen LogP contribution >= 0.6 is 15.9 Å². The molecular formula is C11H14BrN. The first-order valence-electron chi connectivity index (χ1n) is 4.70. The number of hydrogen-bond donors (Lipinski definition) is 1. The van der Waals surface area contributed by atoms with Gasteiger partial charge in [-0.25, -0.2) is 0 Å². The lowest BCUT2D eigenvalue weighted by Crippen LogP contribution is -2.01. The van der Waals surface area contributed by atoms with E-state index < -0.39 is 0 Å². The van der Waals surface area contributed by atoms with Gasteiger partial charge in [0.25, 0.3) is 0 Å². The maximum atomic E-state index is 3.57. The highest BCUT2D eigenvalue weighted by molar-refractivity contribution is 9.10. The van der Waals surface area contributed by atoms with Crippen molar-refractivity contribution in [2.75, 3.05) is 5.32 Å². The summed E-state index contributed by atoms with van der Waals surface area (Å²) in [5.74, 6) is 0. The first-order chi connectivity index (χ1) is 6.16. The van der Waals surface area contributed by atoms with E-state index in [0.29, 0.717) is 0 Å². The van der Waals surface area contributed by atoms with Gasteiger partial charge in [-0.3, -0.25) is 0 Å². The van der Waals surface area contributed by atoms with E-state index in [-0.39, 0.29) is 0 Å². The van der Waals surface area contributed by atoms with E-state index >= 15 is 0 Å². The Morgan fingerprint density at radius 2 is 1.77 bits per heavy atom. The van der Waals surface area contributed by atoms with Gasteiger partial charge in [-0.05, 0) is 49.9 Å². The van der Waals surface area contributed by atoms with Gasteiger partial charge in [0.2, 0.25) is 0 Å². The van der Waals surface area contributed by atoms with Crippen LogP contribution < -0.4 is 5.32 Å². The molecule has 0 aliphatic heterocycles. The normalized spacial score (nSPS) is 15.9. The molecule has 1 aliphatic carbocycles. The third kappa shape index (κ3) is 2.05. The first kappa shape index (κ1) is 9.07. The van der Waals surface area contributed by atoms with Crippen LogP contribution in [0.4, 0.5) is 5.69 Å². The second-order valence-electron chi connectivity index (χ2n) is 3.84. The van der Waals surface area contributed by atoms with Crippen molar-refractivity contribution in [2.24, 2.45) is 0 Å². The molecule has 0 heterocycles. The Labute approximate surface area is 87.7 Å². The standard InChI is InChI=1S/C11H14BrN/c1-7-5-10(13-9-3-4-9)6-8(2)11(7)12/h5-6,9,13H,3-4H2,1-2H3. The summed E-state index contributed by atoms with van der Waals surface area (Å²) >= 11 is 3.57. The van der Waals surface area contributed by atoms with Crippen LogP contribution in [-0.4, -0.2) is 6.04 Å². The largest absolute Gasteiger partial charge is 0.382 e. The van der Waals surface area contributed by atoms with Gasteiger partial charge in [-0.2, -0.15) is 0 Å². The predicted octanol–water partition coefficient (Wildman–Crippen LogP) is 3.64. The lowest BCUT2D eigenvalue weighted by Gasteiger charge is -2.09. The molecule has 1 saturated carbocycles. The molecule has 1 nitrogen and oxygen atoms in total. The van der Waals surface area contributed by atoms with Gasteiger partial charge in [0.15, 0.2) is 0 Å². The minimum Gasteiger partial charge on any atom is -0.382 e. The predicted molar refractivity (Wildman–Crippen MR) is 60.3 cm³/mol. The van der Waals surface area contributed by atoms with Crippen LogP contribution in [0.15, 0.2) is 16.6 Å². The van der Waals surface area contributed by atoms with E-state index in [4.69, 9.17) is 0 Å². The van der Waals surface area contributed by atoms with E-state index in [2.05, 4.69) is 47.2 Å². The van der Waals surface area contributed by atoms with Gasteiger partial charge in [0.1, 0.15) is 0 Å². The van der Waals surface area contributed by atoms with Gasteiger partial charge in [-0.1, -0.05) is 15.9 Å². The van der Waals surface area contributed by atoms with Gasteiger partial charge < -0.3 is 5.32 Å². The van der Waals surface area contributed by atoms with E-state index in [9.17, 15) is 0 Å². The molecule has 1 aliphatic rings. The van der Waals surface area contributed by atoms with Crippen LogP contribution in [0.1, 0.15) is 24.0 Å². The topological polar surface area (TPSA) is 12.0 Å². The molecule has 13 heavy (non-hydrogen) atoms. The van der Waals surface area contributed by atoms with Gasteiger partial charge >= 0.3 is 0 Å². The number of anilines is 1. The van der Waals surface area contributed by atoms with Crippen molar-refractivity contribution in [3.63, 3.8) is 0 Å². The summed E-state index contributed by atoms with van der Waals surface area (Å²) in [7, 11) is 0. The van der Waals surface area contributed by atoms with E-state index in [1.165, 1.54) is 34.1 Å². The highest BCUT2D eigenvalue weighted by atomic mass is 79.9. The number of hydrogen-bond acceptors (Lipinski definition) is 1. The van der Waals surface area contributed by atoms with Crippen molar-refractivity contribution in [2.45, 2.75) is 32.7 Å². The second kappa shape index (κ2) is 3.33. The summed E-state index contributed by atoms with van der Waals surface area (Å²) in [5.41, 5.74) is 3.88. The zero-order valence-electron chi connectivity index (χ0n) is 8.02. The van der Waals surface area contributed by atoms with Crippen molar-refractivity contribution in [1.29, 1.82) is 0 Å². The van der Waals surface area contributed by atoms with Crippen molar-refractivity contribution in [1.82, 2.24) is 0 Å². The van der Waals surface area contributed by atoms with Crippen LogP contribution in [0.25, 0.3) is 0 Å². The average Bonchev–Trinajstić information content (AvgIpc) is 2.84. The molecule has 0 amide bonds. The molecular weight excluding hydrogens is 226 g/mol. The Bertz CT molecular complexity index is 306. The quantitative estimate of drug-likeness (QED) is 0.832. The monoisotopic (exact) mass is 239 g/mol. The number of benzene rings is 1. The molecule has 2 heteroatoms. The van der Waals surface area contributed by atoms with Gasteiger partial charge in [0, 0.05) is 16.2 Å². The fourth-order valence-electron chi connectivity index (χ4n) is 1.49. The number of aryl methyl sites for hydroxylation is 2. The lowest BCUT2D eigenvalue weighted by atomic mass is 10.1. The maximum Gasteiger partial charge on any atom is 0.0348 e. The molecule has 2 rings (SSSR count). The van der Waals surface area contributed by atoms with E-state index in [0.717, 1.165) is 6.04 Å². The second-order valence-corrected chi connectivity index (χ2v) is 4.64.